The van der Waals surface area contributed by atoms with Crippen molar-refractivity contribution in [2.24, 2.45) is 7.05 Å². The van der Waals surface area contributed by atoms with Gasteiger partial charge in [-0.25, -0.2) is 23.4 Å². The van der Waals surface area contributed by atoms with Crippen LogP contribution in [-0.4, -0.2) is 83.5 Å². The molecule has 1 fully saturated rings. The lowest BCUT2D eigenvalue weighted by Gasteiger charge is -2.36. The highest BCUT2D eigenvalue weighted by Gasteiger charge is 2.25. The first-order valence-electron chi connectivity index (χ1n) is 13.1. The summed E-state index contributed by atoms with van der Waals surface area (Å²) in [4.78, 5) is 37.2. The molecule has 220 valence electrons. The quantitative estimate of drug-likeness (QED) is 0.273. The minimum atomic E-state index is -1.30. The number of nitrogens with zero attached hydrogens (tertiary/aromatic N) is 8. The van der Waals surface area contributed by atoms with E-state index in [0.717, 1.165) is 0 Å². The molecule has 0 saturated carbocycles. The van der Waals surface area contributed by atoms with Crippen LogP contribution in [-0.2, 0) is 18.4 Å². The van der Waals surface area contributed by atoms with E-state index in [1.165, 1.54) is 32.9 Å². The molecule has 16 heteroatoms. The number of rotatable bonds is 8. The smallest absolute Gasteiger partial charge is 0.344 e. The van der Waals surface area contributed by atoms with Gasteiger partial charge in [0.1, 0.15) is 11.3 Å². The Balaban J connectivity index is 1.18. The van der Waals surface area contributed by atoms with Crippen molar-refractivity contribution in [3.8, 4) is 17.3 Å². The summed E-state index contributed by atoms with van der Waals surface area (Å²) in [6.07, 6.45) is 0.213. The number of furan rings is 1. The number of aliphatic carboxylic acids is 1. The van der Waals surface area contributed by atoms with Crippen molar-refractivity contribution in [3.63, 3.8) is 0 Å². The Labute approximate surface area is 236 Å². The summed E-state index contributed by atoms with van der Waals surface area (Å²) in [5, 5.41) is 13.4. The molecule has 0 aliphatic carbocycles. The Morgan fingerprint density at radius 3 is 2.60 bits per heavy atom. The molecule has 4 aromatic heterocycles. The largest absolute Gasteiger partial charge is 0.479 e. The number of carboxylic acids is 1. The first-order valence-corrected chi connectivity index (χ1v) is 13.1. The van der Waals surface area contributed by atoms with Gasteiger partial charge in [0.2, 0.25) is 11.8 Å². The summed E-state index contributed by atoms with van der Waals surface area (Å²) in [5.74, 6) is -2.50. The first kappa shape index (κ1) is 27.2. The molecule has 0 bridgehead atoms. The molecule has 5 heterocycles. The molecule has 0 amide bonds. The zero-order valence-electron chi connectivity index (χ0n) is 22.7. The molecule has 5 aromatic rings. The average Bonchev–Trinajstić information content (AvgIpc) is 3.69. The monoisotopic (exact) mass is 583 g/mol. The number of imidazole rings is 1. The van der Waals surface area contributed by atoms with Gasteiger partial charge in [-0.05, 0) is 19.1 Å². The standard InChI is InChI=1S/C26H27F2N9O5/c1-14(24(38)39)42-19-13-17(15(27)12-16(19)28)35-8-5-34(6-9-35)7-10-36-22-20(33(2)26(36)40)23-30-21(18-4-3-11-41-18)32-37(23)25(29)31-22/h3-4,11-14H,5-10H2,1-2H3,(H2,29,31)(H,38,39). The number of piperazine rings is 1. The van der Waals surface area contributed by atoms with Crippen LogP contribution in [0.3, 0.4) is 0 Å². The van der Waals surface area contributed by atoms with Gasteiger partial charge in [-0.2, -0.15) is 9.50 Å². The van der Waals surface area contributed by atoms with Gasteiger partial charge in [-0.1, -0.05) is 0 Å². The molecule has 3 N–H and O–H groups in total. The second-order valence-corrected chi connectivity index (χ2v) is 9.94. The number of fused-ring (bicyclic) bond motifs is 3. The maximum atomic E-state index is 14.7. The summed E-state index contributed by atoms with van der Waals surface area (Å²) in [6, 6.07) is 5.32. The third-order valence-electron chi connectivity index (χ3n) is 7.32. The highest BCUT2D eigenvalue weighted by molar-refractivity contribution is 5.88. The number of hydrogen-bond donors (Lipinski definition) is 2. The van der Waals surface area contributed by atoms with E-state index in [-0.39, 0.29) is 23.1 Å². The van der Waals surface area contributed by atoms with Gasteiger partial charge in [0.25, 0.3) is 0 Å². The Kier molecular flexibility index (Phi) is 6.76. The fourth-order valence-electron chi connectivity index (χ4n) is 5.05. The van der Waals surface area contributed by atoms with Crippen molar-refractivity contribution in [2.75, 3.05) is 43.4 Å². The summed E-state index contributed by atoms with van der Waals surface area (Å²) in [5.41, 5.74) is 7.25. The topological polar surface area (TPSA) is 162 Å². The van der Waals surface area contributed by atoms with Crippen LogP contribution in [0, 0.1) is 11.6 Å². The summed E-state index contributed by atoms with van der Waals surface area (Å²) >= 11 is 0. The predicted octanol–water partition coefficient (Wildman–Crippen LogP) is 1.57. The second-order valence-electron chi connectivity index (χ2n) is 9.94. The van der Waals surface area contributed by atoms with Crippen LogP contribution in [0.4, 0.5) is 20.4 Å². The lowest BCUT2D eigenvalue weighted by atomic mass is 10.2. The Hall–Kier alpha value is -4.99. The summed E-state index contributed by atoms with van der Waals surface area (Å²) < 4.78 is 43.8. The number of carbonyl (C=O) groups is 1. The molecule has 1 saturated heterocycles. The van der Waals surface area contributed by atoms with E-state index in [0.29, 0.717) is 73.7 Å². The maximum absolute atomic E-state index is 14.7. The Morgan fingerprint density at radius 1 is 1.14 bits per heavy atom. The zero-order valence-corrected chi connectivity index (χ0v) is 22.7. The van der Waals surface area contributed by atoms with Gasteiger partial charge < -0.3 is 24.9 Å². The van der Waals surface area contributed by atoms with Crippen molar-refractivity contribution >= 4 is 34.4 Å². The number of benzene rings is 1. The van der Waals surface area contributed by atoms with E-state index in [1.807, 2.05) is 0 Å². The third kappa shape index (κ3) is 4.68. The SMILES string of the molecule is CC(Oc1cc(N2CCN(CCn3c(=O)n(C)c4c3nc(N)n3nc(-c5ccco5)nc43)CC2)c(F)cc1F)C(=O)O. The minimum absolute atomic E-state index is 0.0678. The van der Waals surface area contributed by atoms with E-state index in [1.54, 1.807) is 24.1 Å². The van der Waals surface area contributed by atoms with E-state index < -0.39 is 23.7 Å². The number of anilines is 2. The summed E-state index contributed by atoms with van der Waals surface area (Å²) in [6.45, 7) is 3.99. The number of aromatic nitrogens is 6. The molecule has 1 aliphatic heterocycles. The predicted molar refractivity (Wildman–Crippen MR) is 146 cm³/mol. The van der Waals surface area contributed by atoms with Crippen molar-refractivity contribution in [1.29, 1.82) is 0 Å². The number of hydrogen-bond acceptors (Lipinski definition) is 10. The van der Waals surface area contributed by atoms with Crippen LogP contribution in [0.2, 0.25) is 0 Å². The Bertz CT molecular complexity index is 1860. The molecule has 6 rings (SSSR count). The fourth-order valence-corrected chi connectivity index (χ4v) is 5.05. The lowest BCUT2D eigenvalue weighted by molar-refractivity contribution is -0.144. The molecule has 1 atom stereocenters. The first-order chi connectivity index (χ1) is 20.1. The van der Waals surface area contributed by atoms with Gasteiger partial charge in [-0.3, -0.25) is 14.0 Å². The van der Waals surface area contributed by atoms with Gasteiger partial charge >= 0.3 is 11.7 Å². The van der Waals surface area contributed by atoms with E-state index >= 15 is 0 Å². The molecule has 0 radical (unpaired) electrons. The zero-order chi connectivity index (χ0) is 29.7. The summed E-state index contributed by atoms with van der Waals surface area (Å²) in [7, 11) is 1.63. The van der Waals surface area contributed by atoms with Gasteiger partial charge in [0.05, 0.1) is 12.0 Å². The minimum Gasteiger partial charge on any atom is -0.479 e. The molecule has 42 heavy (non-hydrogen) atoms. The lowest BCUT2D eigenvalue weighted by Crippen LogP contribution is -2.47. The maximum Gasteiger partial charge on any atom is 0.344 e. The molecule has 1 unspecified atom stereocenters. The van der Waals surface area contributed by atoms with Gasteiger partial charge in [0, 0.05) is 58.4 Å². The van der Waals surface area contributed by atoms with Crippen LogP contribution in [0.25, 0.3) is 28.4 Å². The normalized spacial score (nSPS) is 15.1. The van der Waals surface area contributed by atoms with Gasteiger partial charge in [0.15, 0.2) is 34.7 Å². The van der Waals surface area contributed by atoms with Crippen LogP contribution in [0.5, 0.6) is 5.75 Å². The van der Waals surface area contributed by atoms with Gasteiger partial charge in [-0.15, -0.1) is 5.10 Å². The number of carboxylic acid groups (broad SMARTS) is 1. The number of nitrogens with two attached hydrogens (primary N) is 1. The van der Waals surface area contributed by atoms with Crippen molar-refractivity contribution in [2.45, 2.75) is 19.6 Å². The third-order valence-corrected chi connectivity index (χ3v) is 7.32. The number of halogens is 2. The molecule has 1 aliphatic rings. The van der Waals surface area contributed by atoms with E-state index in [4.69, 9.17) is 20.0 Å². The number of ether oxygens (including phenoxy) is 1. The highest BCUT2D eigenvalue weighted by atomic mass is 19.1. The van der Waals surface area contributed by atoms with Crippen LogP contribution < -0.4 is 21.1 Å². The van der Waals surface area contributed by atoms with Crippen molar-refractivity contribution < 1.29 is 27.8 Å². The van der Waals surface area contributed by atoms with Crippen molar-refractivity contribution in [3.05, 3.63) is 52.6 Å². The van der Waals surface area contributed by atoms with Crippen LogP contribution >= 0.6 is 0 Å². The second kappa shape index (κ2) is 10.4. The molecule has 1 aromatic carbocycles. The number of aryl methyl sites for hydroxylation is 1. The Morgan fingerprint density at radius 2 is 1.90 bits per heavy atom. The molecule has 14 nitrogen and oxygen atoms in total. The van der Waals surface area contributed by atoms with Crippen LogP contribution in [0.1, 0.15) is 6.92 Å². The molecular weight excluding hydrogens is 556 g/mol. The van der Waals surface area contributed by atoms with E-state index in [2.05, 4.69) is 20.0 Å². The number of nitrogen functional groups attached to an aromatic ring is 1. The molecule has 0 spiro atoms. The fraction of sp³-hybridized carbons (Fsp3) is 0.346. The van der Waals surface area contributed by atoms with Crippen molar-refractivity contribution in [1.82, 2.24) is 33.6 Å². The van der Waals surface area contributed by atoms with Crippen LogP contribution in [0.15, 0.2) is 39.7 Å². The average molecular weight is 584 g/mol. The van der Waals surface area contributed by atoms with E-state index in [9.17, 15) is 18.4 Å². The highest BCUT2D eigenvalue weighted by Crippen LogP contribution is 2.30. The molecular formula is C26H27F2N9O5.